The minimum absolute atomic E-state index is 0.507. The minimum atomic E-state index is 0.507. The third kappa shape index (κ3) is 4.86. The molecule has 1 saturated carbocycles. The normalized spacial score (nSPS) is 28.1. The first-order valence-corrected chi connectivity index (χ1v) is 7.13. The van der Waals surface area contributed by atoms with Crippen LogP contribution in [0.4, 0.5) is 0 Å². The molecule has 0 aliphatic heterocycles. The van der Waals surface area contributed by atoms with Crippen molar-refractivity contribution in [3.63, 3.8) is 0 Å². The van der Waals surface area contributed by atoms with Crippen LogP contribution in [-0.4, -0.2) is 12.6 Å². The Bertz CT molecular complexity index is 190. The van der Waals surface area contributed by atoms with Gasteiger partial charge < -0.3 is 5.32 Å². The lowest BCUT2D eigenvalue weighted by Crippen LogP contribution is -2.31. The van der Waals surface area contributed by atoms with Gasteiger partial charge in [0.2, 0.25) is 0 Å². The van der Waals surface area contributed by atoms with E-state index in [0.717, 1.165) is 17.9 Å². The molecule has 0 saturated heterocycles. The van der Waals surface area contributed by atoms with Gasteiger partial charge in [0.05, 0.1) is 0 Å². The molecule has 0 aromatic rings. The van der Waals surface area contributed by atoms with Gasteiger partial charge in [0.1, 0.15) is 0 Å². The molecule has 1 nitrogen and oxygen atoms in total. The molecule has 2 unspecified atom stereocenters. The van der Waals surface area contributed by atoms with E-state index in [4.69, 9.17) is 0 Å². The van der Waals surface area contributed by atoms with E-state index >= 15 is 0 Å². The fraction of sp³-hybridized carbons (Fsp3) is 1.00. The quantitative estimate of drug-likeness (QED) is 0.709. The van der Waals surface area contributed by atoms with Gasteiger partial charge in [0.25, 0.3) is 0 Å². The zero-order valence-corrected chi connectivity index (χ0v) is 12.0. The topological polar surface area (TPSA) is 12.0 Å². The van der Waals surface area contributed by atoms with E-state index < -0.39 is 0 Å². The van der Waals surface area contributed by atoms with Crippen molar-refractivity contribution in [2.45, 2.75) is 72.8 Å². The Hall–Kier alpha value is -0.0400. The zero-order valence-electron chi connectivity index (χ0n) is 12.0. The van der Waals surface area contributed by atoms with Gasteiger partial charge in [-0.15, -0.1) is 0 Å². The van der Waals surface area contributed by atoms with Crippen molar-refractivity contribution in [1.82, 2.24) is 5.32 Å². The SMILES string of the molecule is CC(C)CNC1CCCC(C(C)(C)C)CC1. The second-order valence-electron chi connectivity index (χ2n) is 7.07. The largest absolute Gasteiger partial charge is 0.314 e. The highest BCUT2D eigenvalue weighted by atomic mass is 14.9. The average molecular weight is 225 g/mol. The van der Waals surface area contributed by atoms with Crippen LogP contribution in [0.25, 0.3) is 0 Å². The van der Waals surface area contributed by atoms with Gasteiger partial charge in [-0.2, -0.15) is 0 Å². The molecule has 0 spiro atoms. The molecule has 1 N–H and O–H groups in total. The molecule has 1 aliphatic carbocycles. The average Bonchev–Trinajstić information content (AvgIpc) is 2.38. The summed E-state index contributed by atoms with van der Waals surface area (Å²) < 4.78 is 0. The number of hydrogen-bond donors (Lipinski definition) is 1. The summed E-state index contributed by atoms with van der Waals surface area (Å²) in [7, 11) is 0. The van der Waals surface area contributed by atoms with Crippen molar-refractivity contribution in [2.24, 2.45) is 17.3 Å². The minimum Gasteiger partial charge on any atom is -0.314 e. The van der Waals surface area contributed by atoms with Crippen LogP contribution in [-0.2, 0) is 0 Å². The summed E-state index contributed by atoms with van der Waals surface area (Å²) in [5.74, 6) is 1.71. The molecule has 1 heteroatoms. The van der Waals surface area contributed by atoms with E-state index in [-0.39, 0.29) is 0 Å². The standard InChI is InChI=1S/C15H31N/c1-12(2)11-16-14-8-6-7-13(9-10-14)15(3,4)5/h12-14,16H,6-11H2,1-5H3. The lowest BCUT2D eigenvalue weighted by Gasteiger charge is -2.29. The van der Waals surface area contributed by atoms with Gasteiger partial charge in [0, 0.05) is 6.04 Å². The van der Waals surface area contributed by atoms with Crippen molar-refractivity contribution < 1.29 is 0 Å². The van der Waals surface area contributed by atoms with Crippen LogP contribution in [0.2, 0.25) is 0 Å². The van der Waals surface area contributed by atoms with E-state index in [1.165, 1.54) is 38.6 Å². The van der Waals surface area contributed by atoms with Crippen LogP contribution < -0.4 is 5.32 Å². The van der Waals surface area contributed by atoms with E-state index in [9.17, 15) is 0 Å². The van der Waals surface area contributed by atoms with Crippen molar-refractivity contribution in [1.29, 1.82) is 0 Å². The Morgan fingerprint density at radius 1 is 1.06 bits per heavy atom. The maximum atomic E-state index is 3.73. The lowest BCUT2D eigenvalue weighted by atomic mass is 9.76. The maximum absolute atomic E-state index is 3.73. The zero-order chi connectivity index (χ0) is 12.2. The molecule has 96 valence electrons. The summed E-state index contributed by atoms with van der Waals surface area (Å²) >= 11 is 0. The first-order chi connectivity index (χ1) is 7.39. The predicted molar refractivity (Wildman–Crippen MR) is 72.7 cm³/mol. The van der Waals surface area contributed by atoms with E-state index in [1.807, 2.05) is 0 Å². The van der Waals surface area contributed by atoms with Gasteiger partial charge >= 0.3 is 0 Å². The molecule has 2 atom stereocenters. The Morgan fingerprint density at radius 2 is 1.75 bits per heavy atom. The summed E-state index contributed by atoms with van der Waals surface area (Å²) in [6.07, 6.45) is 7.04. The highest BCUT2D eigenvalue weighted by molar-refractivity contribution is 4.81. The second kappa shape index (κ2) is 6.05. The summed E-state index contributed by atoms with van der Waals surface area (Å²) in [4.78, 5) is 0. The van der Waals surface area contributed by atoms with Crippen LogP contribution in [0.3, 0.4) is 0 Å². The smallest absolute Gasteiger partial charge is 0.00672 e. The molecule has 16 heavy (non-hydrogen) atoms. The van der Waals surface area contributed by atoms with Crippen LogP contribution in [0.1, 0.15) is 66.7 Å². The van der Waals surface area contributed by atoms with Crippen molar-refractivity contribution in [3.05, 3.63) is 0 Å². The Labute approximate surface area is 102 Å². The predicted octanol–water partition coefficient (Wildman–Crippen LogP) is 4.23. The molecule has 0 aromatic heterocycles. The van der Waals surface area contributed by atoms with Crippen LogP contribution in [0.5, 0.6) is 0 Å². The lowest BCUT2D eigenvalue weighted by molar-refractivity contribution is 0.213. The molecule has 0 bridgehead atoms. The molecule has 0 radical (unpaired) electrons. The third-order valence-electron chi connectivity index (χ3n) is 4.01. The van der Waals surface area contributed by atoms with Gasteiger partial charge in [-0.05, 0) is 49.5 Å². The summed E-state index contributed by atoms with van der Waals surface area (Å²) in [6.45, 7) is 13.0. The van der Waals surface area contributed by atoms with Crippen molar-refractivity contribution in [2.75, 3.05) is 6.54 Å². The fourth-order valence-corrected chi connectivity index (χ4v) is 2.77. The van der Waals surface area contributed by atoms with Crippen LogP contribution >= 0.6 is 0 Å². The Kier molecular flexibility index (Phi) is 5.30. The first kappa shape index (κ1) is 14.0. The number of rotatable bonds is 3. The van der Waals surface area contributed by atoms with Crippen molar-refractivity contribution >= 4 is 0 Å². The van der Waals surface area contributed by atoms with E-state index in [2.05, 4.69) is 39.9 Å². The van der Waals surface area contributed by atoms with Gasteiger partial charge in [-0.3, -0.25) is 0 Å². The molecule has 0 aromatic carbocycles. The van der Waals surface area contributed by atoms with Gasteiger partial charge in [-0.1, -0.05) is 41.0 Å². The fourth-order valence-electron chi connectivity index (χ4n) is 2.77. The molecule has 1 aliphatic rings. The number of nitrogens with one attached hydrogen (secondary N) is 1. The summed E-state index contributed by atoms with van der Waals surface area (Å²) in [5, 5.41) is 3.73. The highest BCUT2D eigenvalue weighted by Gasteiger charge is 2.27. The van der Waals surface area contributed by atoms with Crippen molar-refractivity contribution in [3.8, 4) is 0 Å². The molecular weight excluding hydrogens is 194 g/mol. The molecule has 1 fully saturated rings. The molecule has 1 rings (SSSR count). The van der Waals surface area contributed by atoms with Gasteiger partial charge in [-0.25, -0.2) is 0 Å². The monoisotopic (exact) mass is 225 g/mol. The van der Waals surface area contributed by atoms with Gasteiger partial charge in [0.15, 0.2) is 0 Å². The molecule has 0 amide bonds. The Morgan fingerprint density at radius 3 is 2.31 bits per heavy atom. The summed E-state index contributed by atoms with van der Waals surface area (Å²) in [5.41, 5.74) is 0.507. The Balaban J connectivity index is 2.35. The first-order valence-electron chi connectivity index (χ1n) is 7.13. The highest BCUT2D eigenvalue weighted by Crippen LogP contribution is 2.36. The van der Waals surface area contributed by atoms with E-state index in [0.29, 0.717) is 5.41 Å². The van der Waals surface area contributed by atoms with Crippen LogP contribution in [0.15, 0.2) is 0 Å². The molecular formula is C15H31N. The summed E-state index contributed by atoms with van der Waals surface area (Å²) in [6, 6.07) is 0.787. The molecule has 0 heterocycles. The van der Waals surface area contributed by atoms with E-state index in [1.54, 1.807) is 0 Å². The second-order valence-corrected chi connectivity index (χ2v) is 7.07. The maximum Gasteiger partial charge on any atom is 0.00672 e. The number of hydrogen-bond acceptors (Lipinski definition) is 1. The van der Waals surface area contributed by atoms with Crippen LogP contribution in [0, 0.1) is 17.3 Å². The third-order valence-corrected chi connectivity index (χ3v) is 4.01.